The summed E-state index contributed by atoms with van der Waals surface area (Å²) in [5.74, 6) is -0.156. The standard InChI is InChI=1S/C21H25N3O2/c1-2-23(16-17-9-5-3-6-10-17)20(25)18-11-12-22-19(15-18)21(26)24-13-7-4-8-14-24/h3,5-6,9-12,15H,2,4,7-8,13-14,16H2,1H3. The second-order valence-corrected chi connectivity index (χ2v) is 6.59. The van der Waals surface area contributed by atoms with Crippen molar-refractivity contribution in [3.05, 3.63) is 65.5 Å². The molecule has 2 aromatic rings. The van der Waals surface area contributed by atoms with Crippen LogP contribution in [0.4, 0.5) is 0 Å². The minimum atomic E-state index is -0.0783. The number of rotatable bonds is 5. The summed E-state index contributed by atoms with van der Waals surface area (Å²) in [6, 6.07) is 13.2. The number of benzene rings is 1. The molecule has 5 nitrogen and oxygen atoms in total. The Bertz CT molecular complexity index is 755. The van der Waals surface area contributed by atoms with Crippen LogP contribution in [0.3, 0.4) is 0 Å². The van der Waals surface area contributed by atoms with Crippen LogP contribution in [0.2, 0.25) is 0 Å². The summed E-state index contributed by atoms with van der Waals surface area (Å²) < 4.78 is 0. The van der Waals surface area contributed by atoms with E-state index in [0.717, 1.165) is 31.5 Å². The average Bonchev–Trinajstić information content (AvgIpc) is 2.72. The highest BCUT2D eigenvalue weighted by molar-refractivity contribution is 5.98. The highest BCUT2D eigenvalue weighted by Gasteiger charge is 2.21. The van der Waals surface area contributed by atoms with E-state index in [2.05, 4.69) is 4.98 Å². The largest absolute Gasteiger partial charge is 0.337 e. The van der Waals surface area contributed by atoms with E-state index in [1.54, 1.807) is 23.2 Å². The van der Waals surface area contributed by atoms with Gasteiger partial charge in [-0.15, -0.1) is 0 Å². The molecule has 1 fully saturated rings. The van der Waals surface area contributed by atoms with Gasteiger partial charge in [0.05, 0.1) is 0 Å². The molecule has 1 aliphatic heterocycles. The Morgan fingerprint density at radius 3 is 2.50 bits per heavy atom. The Labute approximate surface area is 154 Å². The average molecular weight is 351 g/mol. The highest BCUT2D eigenvalue weighted by Crippen LogP contribution is 2.15. The minimum absolute atomic E-state index is 0.0774. The van der Waals surface area contributed by atoms with Crippen LogP contribution in [0.15, 0.2) is 48.7 Å². The minimum Gasteiger partial charge on any atom is -0.337 e. The number of piperidine rings is 1. The first kappa shape index (κ1) is 18.1. The zero-order chi connectivity index (χ0) is 18.4. The molecule has 1 aliphatic rings. The van der Waals surface area contributed by atoms with Crippen LogP contribution in [0.5, 0.6) is 0 Å². The van der Waals surface area contributed by atoms with Gasteiger partial charge >= 0.3 is 0 Å². The molecule has 1 aromatic carbocycles. The fraction of sp³-hybridized carbons (Fsp3) is 0.381. The lowest BCUT2D eigenvalue weighted by Crippen LogP contribution is -2.36. The van der Waals surface area contributed by atoms with E-state index in [-0.39, 0.29) is 11.8 Å². The summed E-state index contributed by atoms with van der Waals surface area (Å²) in [6.45, 7) is 4.66. The first-order chi connectivity index (χ1) is 12.7. The molecule has 0 saturated carbocycles. The van der Waals surface area contributed by atoms with Crippen LogP contribution in [0, 0.1) is 0 Å². The Morgan fingerprint density at radius 1 is 1.08 bits per heavy atom. The molecule has 0 bridgehead atoms. The van der Waals surface area contributed by atoms with E-state index >= 15 is 0 Å². The Balaban J connectivity index is 1.75. The molecule has 1 saturated heterocycles. The van der Waals surface area contributed by atoms with E-state index in [0.29, 0.717) is 24.3 Å². The van der Waals surface area contributed by atoms with E-state index in [9.17, 15) is 9.59 Å². The van der Waals surface area contributed by atoms with Crippen molar-refractivity contribution in [1.29, 1.82) is 0 Å². The van der Waals surface area contributed by atoms with Crippen LogP contribution in [0.25, 0.3) is 0 Å². The quantitative estimate of drug-likeness (QED) is 0.830. The summed E-state index contributed by atoms with van der Waals surface area (Å²) in [7, 11) is 0. The molecular formula is C21H25N3O2. The number of amides is 2. The van der Waals surface area contributed by atoms with Gasteiger partial charge in [-0.05, 0) is 43.9 Å². The van der Waals surface area contributed by atoms with Gasteiger partial charge in [0.25, 0.3) is 11.8 Å². The summed E-state index contributed by atoms with van der Waals surface area (Å²) in [5.41, 5.74) is 1.95. The molecule has 0 atom stereocenters. The number of hydrogen-bond acceptors (Lipinski definition) is 3. The van der Waals surface area contributed by atoms with Crippen molar-refractivity contribution in [2.24, 2.45) is 0 Å². The topological polar surface area (TPSA) is 53.5 Å². The molecule has 5 heteroatoms. The number of hydrogen-bond donors (Lipinski definition) is 0. The van der Waals surface area contributed by atoms with Gasteiger partial charge in [-0.25, -0.2) is 0 Å². The highest BCUT2D eigenvalue weighted by atomic mass is 16.2. The second kappa shape index (κ2) is 8.61. The van der Waals surface area contributed by atoms with Gasteiger partial charge in [0.2, 0.25) is 0 Å². The molecule has 3 rings (SSSR count). The second-order valence-electron chi connectivity index (χ2n) is 6.59. The summed E-state index contributed by atoms with van der Waals surface area (Å²) >= 11 is 0. The fourth-order valence-electron chi connectivity index (χ4n) is 3.25. The summed E-state index contributed by atoms with van der Waals surface area (Å²) in [5, 5.41) is 0. The van der Waals surface area contributed by atoms with Crippen molar-refractivity contribution in [3.63, 3.8) is 0 Å². The first-order valence-corrected chi connectivity index (χ1v) is 9.27. The zero-order valence-corrected chi connectivity index (χ0v) is 15.2. The third kappa shape index (κ3) is 4.28. The Hall–Kier alpha value is -2.69. The number of aromatic nitrogens is 1. The van der Waals surface area contributed by atoms with Crippen LogP contribution in [-0.2, 0) is 6.54 Å². The smallest absolute Gasteiger partial charge is 0.272 e. The lowest BCUT2D eigenvalue weighted by molar-refractivity contribution is 0.0718. The normalized spacial score (nSPS) is 14.1. The molecule has 0 spiro atoms. The summed E-state index contributed by atoms with van der Waals surface area (Å²) in [6.07, 6.45) is 4.79. The lowest BCUT2D eigenvalue weighted by Gasteiger charge is -2.26. The summed E-state index contributed by atoms with van der Waals surface area (Å²) in [4.78, 5) is 33.4. The van der Waals surface area contributed by atoms with E-state index < -0.39 is 0 Å². The Kier molecular flexibility index (Phi) is 6.00. The van der Waals surface area contributed by atoms with Crippen molar-refractivity contribution in [2.75, 3.05) is 19.6 Å². The van der Waals surface area contributed by atoms with Crippen molar-refractivity contribution in [2.45, 2.75) is 32.7 Å². The molecule has 0 N–H and O–H groups in total. The van der Waals surface area contributed by atoms with Gasteiger partial charge < -0.3 is 9.80 Å². The maximum absolute atomic E-state index is 12.9. The third-order valence-electron chi connectivity index (χ3n) is 4.75. The molecule has 1 aromatic heterocycles. The zero-order valence-electron chi connectivity index (χ0n) is 15.2. The number of carbonyl (C=O) groups is 2. The van der Waals surface area contributed by atoms with Gasteiger partial charge in [-0.1, -0.05) is 30.3 Å². The van der Waals surface area contributed by atoms with Crippen LogP contribution >= 0.6 is 0 Å². The molecule has 136 valence electrons. The third-order valence-corrected chi connectivity index (χ3v) is 4.75. The first-order valence-electron chi connectivity index (χ1n) is 9.27. The molecular weight excluding hydrogens is 326 g/mol. The van der Waals surface area contributed by atoms with E-state index in [1.165, 1.54) is 6.42 Å². The van der Waals surface area contributed by atoms with Crippen LogP contribution < -0.4 is 0 Å². The molecule has 0 aliphatic carbocycles. The molecule has 0 radical (unpaired) electrons. The molecule has 2 amide bonds. The number of pyridine rings is 1. The predicted molar refractivity (Wildman–Crippen MR) is 101 cm³/mol. The molecule has 0 unspecified atom stereocenters. The van der Waals surface area contributed by atoms with E-state index in [4.69, 9.17) is 0 Å². The number of nitrogens with zero attached hydrogens (tertiary/aromatic N) is 3. The van der Waals surface area contributed by atoms with Crippen molar-refractivity contribution < 1.29 is 9.59 Å². The van der Waals surface area contributed by atoms with Gasteiger partial charge in [-0.3, -0.25) is 14.6 Å². The van der Waals surface area contributed by atoms with Crippen molar-refractivity contribution in [3.8, 4) is 0 Å². The van der Waals surface area contributed by atoms with Gasteiger partial charge in [0.15, 0.2) is 0 Å². The van der Waals surface area contributed by atoms with Gasteiger partial charge in [0, 0.05) is 37.9 Å². The van der Waals surface area contributed by atoms with Crippen LogP contribution in [0.1, 0.15) is 52.6 Å². The van der Waals surface area contributed by atoms with Crippen molar-refractivity contribution >= 4 is 11.8 Å². The van der Waals surface area contributed by atoms with E-state index in [1.807, 2.05) is 42.2 Å². The maximum Gasteiger partial charge on any atom is 0.272 e. The lowest BCUT2D eigenvalue weighted by atomic mass is 10.1. The number of carbonyl (C=O) groups excluding carboxylic acids is 2. The predicted octanol–water partition coefficient (Wildman–Crippen LogP) is 3.37. The molecule has 2 heterocycles. The molecule has 26 heavy (non-hydrogen) atoms. The number of likely N-dealkylation sites (tertiary alicyclic amines) is 1. The van der Waals surface area contributed by atoms with Crippen molar-refractivity contribution in [1.82, 2.24) is 14.8 Å². The monoisotopic (exact) mass is 351 g/mol. The fourth-order valence-corrected chi connectivity index (χ4v) is 3.25. The van der Waals surface area contributed by atoms with Gasteiger partial charge in [0.1, 0.15) is 5.69 Å². The maximum atomic E-state index is 12.9. The van der Waals surface area contributed by atoms with Crippen LogP contribution in [-0.4, -0.2) is 46.2 Å². The Morgan fingerprint density at radius 2 is 1.81 bits per heavy atom. The van der Waals surface area contributed by atoms with Gasteiger partial charge in [-0.2, -0.15) is 0 Å². The SMILES string of the molecule is CCN(Cc1ccccc1)C(=O)c1ccnc(C(=O)N2CCCCC2)c1.